The first-order valence-corrected chi connectivity index (χ1v) is 11.1. The highest BCUT2D eigenvalue weighted by Gasteiger charge is 2.25. The Morgan fingerprint density at radius 1 is 1.20 bits per heavy atom. The summed E-state index contributed by atoms with van der Waals surface area (Å²) < 4.78 is 39.8. The lowest BCUT2D eigenvalue weighted by Crippen LogP contribution is -2.45. The molecule has 3 N–H and O–H groups in total. The fourth-order valence-corrected chi connectivity index (χ4v) is 5.09. The summed E-state index contributed by atoms with van der Waals surface area (Å²) in [6.45, 7) is 2.64. The number of anilines is 2. The fourth-order valence-electron chi connectivity index (χ4n) is 3.80. The predicted molar refractivity (Wildman–Crippen MR) is 121 cm³/mol. The average molecular weight is 452 g/mol. The number of fused-ring (bicyclic) bond motifs is 1. The van der Waals surface area contributed by atoms with Crippen molar-refractivity contribution in [2.75, 3.05) is 23.3 Å². The summed E-state index contributed by atoms with van der Waals surface area (Å²) in [5, 5.41) is 0.814. The number of hydrogen-bond acceptors (Lipinski definition) is 6. The molecule has 1 fully saturated rings. The highest BCUT2D eigenvalue weighted by Crippen LogP contribution is 2.36. The van der Waals surface area contributed by atoms with E-state index in [1.807, 2.05) is 19.1 Å². The number of hydrogen-bond donors (Lipinski definition) is 2. The first kappa shape index (κ1) is 22.3. The maximum atomic E-state index is 13.1. The largest absolute Gasteiger partial charge is 0.495 e. The summed E-state index contributed by atoms with van der Waals surface area (Å²) in [6.07, 6.45) is 4.48. The van der Waals surface area contributed by atoms with E-state index in [1.165, 1.54) is 7.11 Å². The van der Waals surface area contributed by atoms with Gasteiger partial charge in [0.2, 0.25) is 0 Å². The van der Waals surface area contributed by atoms with E-state index in [4.69, 9.17) is 14.9 Å². The lowest BCUT2D eigenvalue weighted by Gasteiger charge is -2.35. The van der Waals surface area contributed by atoms with Crippen LogP contribution in [-0.2, 0) is 10.0 Å². The van der Waals surface area contributed by atoms with Gasteiger partial charge in [-0.15, -0.1) is 12.4 Å². The Hall–Kier alpha value is -2.42. The summed E-state index contributed by atoms with van der Waals surface area (Å²) in [4.78, 5) is 2.18. The number of benzene rings is 2. The van der Waals surface area contributed by atoms with E-state index >= 15 is 0 Å². The highest BCUT2D eigenvalue weighted by atomic mass is 35.5. The second-order valence-corrected chi connectivity index (χ2v) is 9.00. The molecule has 1 aromatic heterocycles. The van der Waals surface area contributed by atoms with Gasteiger partial charge >= 0.3 is 0 Å². The zero-order chi connectivity index (χ0) is 20.6. The minimum atomic E-state index is -3.85. The molecular formula is C21H26ClN3O4S. The SMILES string of the molecule is COc1ccc(C)cc1S(=O)(=O)Nc1cc(N2CCCCC2N)c2occc2c1.Cl. The molecule has 0 amide bonds. The molecule has 162 valence electrons. The molecule has 4 rings (SSSR count). The summed E-state index contributed by atoms with van der Waals surface area (Å²) in [5.74, 6) is 0.297. The monoisotopic (exact) mass is 451 g/mol. The number of sulfonamides is 1. The van der Waals surface area contributed by atoms with Crippen molar-refractivity contribution < 1.29 is 17.6 Å². The molecule has 3 aromatic rings. The number of nitrogens with zero attached hydrogens (tertiary/aromatic N) is 1. The van der Waals surface area contributed by atoms with Crippen LogP contribution in [0, 0.1) is 6.92 Å². The summed E-state index contributed by atoms with van der Waals surface area (Å²) in [6, 6.07) is 10.4. The number of aryl methyl sites for hydroxylation is 1. The molecule has 2 aromatic carbocycles. The molecule has 30 heavy (non-hydrogen) atoms. The van der Waals surface area contributed by atoms with Gasteiger partial charge in [0, 0.05) is 11.9 Å². The van der Waals surface area contributed by atoms with Crippen molar-refractivity contribution in [1.82, 2.24) is 0 Å². The van der Waals surface area contributed by atoms with Gasteiger partial charge in [-0.3, -0.25) is 4.72 Å². The summed E-state index contributed by atoms with van der Waals surface area (Å²) >= 11 is 0. The van der Waals surface area contributed by atoms with Crippen LogP contribution in [0.1, 0.15) is 24.8 Å². The normalized spacial score (nSPS) is 16.9. The van der Waals surface area contributed by atoms with Crippen molar-refractivity contribution in [3.8, 4) is 5.75 Å². The number of halogens is 1. The highest BCUT2D eigenvalue weighted by molar-refractivity contribution is 7.92. The first-order chi connectivity index (χ1) is 13.9. The topological polar surface area (TPSA) is 97.8 Å². The van der Waals surface area contributed by atoms with Gasteiger partial charge in [-0.05, 0) is 62.1 Å². The molecule has 7 nitrogen and oxygen atoms in total. The van der Waals surface area contributed by atoms with E-state index in [9.17, 15) is 8.42 Å². The third kappa shape index (κ3) is 4.21. The minimum absolute atomic E-state index is 0. The van der Waals surface area contributed by atoms with Gasteiger partial charge in [0.25, 0.3) is 10.0 Å². The molecule has 1 atom stereocenters. The van der Waals surface area contributed by atoms with E-state index < -0.39 is 10.0 Å². The van der Waals surface area contributed by atoms with E-state index in [-0.39, 0.29) is 23.5 Å². The number of furan rings is 1. The van der Waals surface area contributed by atoms with Gasteiger partial charge < -0.3 is 19.8 Å². The van der Waals surface area contributed by atoms with Crippen LogP contribution < -0.4 is 20.1 Å². The van der Waals surface area contributed by atoms with Gasteiger partial charge in [-0.1, -0.05) is 6.07 Å². The molecule has 0 spiro atoms. The van der Waals surface area contributed by atoms with Crippen LogP contribution in [-0.4, -0.2) is 28.2 Å². The second-order valence-electron chi connectivity index (χ2n) is 7.35. The van der Waals surface area contributed by atoms with Crippen molar-refractivity contribution in [1.29, 1.82) is 0 Å². The van der Waals surface area contributed by atoms with Crippen molar-refractivity contribution in [2.24, 2.45) is 5.73 Å². The smallest absolute Gasteiger partial charge is 0.265 e. The van der Waals surface area contributed by atoms with Crippen molar-refractivity contribution >= 4 is 44.8 Å². The zero-order valence-electron chi connectivity index (χ0n) is 16.9. The molecule has 0 aliphatic carbocycles. The fraction of sp³-hybridized carbons (Fsp3) is 0.333. The molecule has 1 aliphatic rings. The van der Waals surface area contributed by atoms with E-state index in [0.717, 1.165) is 42.4 Å². The number of nitrogens with two attached hydrogens (primary N) is 1. The van der Waals surface area contributed by atoms with Crippen LogP contribution in [0.4, 0.5) is 11.4 Å². The Bertz CT molecular complexity index is 1150. The molecule has 0 radical (unpaired) electrons. The van der Waals surface area contributed by atoms with E-state index in [0.29, 0.717) is 17.0 Å². The summed E-state index contributed by atoms with van der Waals surface area (Å²) in [5.41, 5.74) is 9.11. The van der Waals surface area contributed by atoms with Crippen LogP contribution >= 0.6 is 12.4 Å². The van der Waals surface area contributed by atoms with Gasteiger partial charge in [0.1, 0.15) is 10.6 Å². The molecular weight excluding hydrogens is 426 g/mol. The third-order valence-electron chi connectivity index (χ3n) is 5.25. The maximum Gasteiger partial charge on any atom is 0.265 e. The lowest BCUT2D eigenvalue weighted by molar-refractivity contribution is 0.402. The quantitative estimate of drug-likeness (QED) is 0.601. The predicted octanol–water partition coefficient (Wildman–Crippen LogP) is 4.25. The maximum absolute atomic E-state index is 13.1. The molecule has 1 aliphatic heterocycles. The van der Waals surface area contributed by atoms with Gasteiger partial charge in [0.05, 0.1) is 30.9 Å². The second kappa shape index (κ2) is 8.75. The van der Waals surface area contributed by atoms with Crippen molar-refractivity contribution in [3.63, 3.8) is 0 Å². The lowest BCUT2D eigenvalue weighted by atomic mass is 10.1. The van der Waals surface area contributed by atoms with Crippen molar-refractivity contribution in [2.45, 2.75) is 37.2 Å². The Labute approximate surface area is 182 Å². The summed E-state index contributed by atoms with van der Waals surface area (Å²) in [7, 11) is -2.39. The Kier molecular flexibility index (Phi) is 6.50. The van der Waals surface area contributed by atoms with Crippen LogP contribution in [0.3, 0.4) is 0 Å². The number of piperidine rings is 1. The standard InChI is InChI=1S/C21H25N3O4S.ClH/c1-14-6-7-18(27-2)19(11-14)29(25,26)23-16-12-15-8-10-28-21(15)17(13-16)24-9-4-3-5-20(24)22;/h6-8,10-13,20,23H,3-5,9,22H2,1-2H3;1H. The van der Waals surface area contributed by atoms with Crippen LogP contribution in [0.5, 0.6) is 5.75 Å². The Balaban J connectivity index is 0.00000256. The molecule has 1 unspecified atom stereocenters. The third-order valence-corrected chi connectivity index (χ3v) is 6.65. The number of rotatable bonds is 5. The van der Waals surface area contributed by atoms with Crippen LogP contribution in [0.25, 0.3) is 11.0 Å². The molecule has 1 saturated heterocycles. The molecule has 0 saturated carbocycles. The minimum Gasteiger partial charge on any atom is -0.495 e. The molecule has 2 heterocycles. The van der Waals surface area contributed by atoms with Crippen molar-refractivity contribution in [3.05, 3.63) is 48.2 Å². The molecule has 9 heteroatoms. The number of methoxy groups -OCH3 is 1. The molecule has 0 bridgehead atoms. The van der Waals surface area contributed by atoms with E-state index in [1.54, 1.807) is 30.5 Å². The van der Waals surface area contributed by atoms with E-state index in [2.05, 4.69) is 9.62 Å². The Morgan fingerprint density at radius 3 is 2.73 bits per heavy atom. The zero-order valence-corrected chi connectivity index (χ0v) is 18.6. The van der Waals surface area contributed by atoms with Gasteiger partial charge in [-0.25, -0.2) is 8.42 Å². The number of ether oxygens (including phenoxy) is 1. The van der Waals surface area contributed by atoms with Gasteiger partial charge in [-0.2, -0.15) is 0 Å². The average Bonchev–Trinajstić information content (AvgIpc) is 3.16. The first-order valence-electron chi connectivity index (χ1n) is 9.60. The van der Waals surface area contributed by atoms with Crippen LogP contribution in [0.2, 0.25) is 0 Å². The van der Waals surface area contributed by atoms with Gasteiger partial charge in [0.15, 0.2) is 5.58 Å². The number of nitrogens with one attached hydrogen (secondary N) is 1. The Morgan fingerprint density at radius 2 is 2.00 bits per heavy atom. The van der Waals surface area contributed by atoms with Crippen LogP contribution in [0.15, 0.2) is 52.0 Å².